The predicted molar refractivity (Wildman–Crippen MR) is 97.7 cm³/mol. The van der Waals surface area contributed by atoms with E-state index in [1.165, 1.54) is 0 Å². The molecule has 0 fully saturated rings. The van der Waals surface area contributed by atoms with Gasteiger partial charge in [-0.15, -0.1) is 0 Å². The first-order valence-corrected chi connectivity index (χ1v) is 7.79. The number of carbonyl (C=O) groups is 1. The third-order valence-corrected chi connectivity index (χ3v) is 4.00. The van der Waals surface area contributed by atoms with Crippen LogP contribution >= 0.6 is 0 Å². The molecule has 1 atom stereocenters. The molecule has 0 saturated carbocycles. The Morgan fingerprint density at radius 3 is 2.25 bits per heavy atom. The minimum atomic E-state index is -0.417. The Balaban J connectivity index is 2.01. The third kappa shape index (κ3) is 3.60. The summed E-state index contributed by atoms with van der Waals surface area (Å²) in [5, 5.41) is 2.22. The smallest absolute Gasteiger partial charge is 0.256 e. The molecule has 0 saturated heterocycles. The van der Waals surface area contributed by atoms with Crippen LogP contribution in [0.5, 0.6) is 0 Å². The van der Waals surface area contributed by atoms with Gasteiger partial charge in [-0.25, -0.2) is 0 Å². The zero-order valence-corrected chi connectivity index (χ0v) is 13.2. The van der Waals surface area contributed by atoms with Crippen molar-refractivity contribution < 1.29 is 4.79 Å². The molecule has 0 heterocycles. The van der Waals surface area contributed by atoms with E-state index in [0.717, 1.165) is 21.9 Å². The van der Waals surface area contributed by atoms with Crippen molar-refractivity contribution in [3.05, 3.63) is 83.9 Å². The fourth-order valence-electron chi connectivity index (χ4n) is 2.83. The summed E-state index contributed by atoms with van der Waals surface area (Å²) in [7, 11) is 0. The number of hydrogen-bond acceptors (Lipinski definition) is 1. The van der Waals surface area contributed by atoms with E-state index < -0.39 is 5.92 Å². The first-order valence-electron chi connectivity index (χ1n) is 7.79. The Morgan fingerprint density at radius 1 is 0.875 bits per heavy atom. The van der Waals surface area contributed by atoms with Crippen LogP contribution in [-0.2, 0) is 11.2 Å². The maximum atomic E-state index is 12.5. The van der Waals surface area contributed by atoms with Gasteiger partial charge in [0.05, 0.1) is 5.92 Å². The average Bonchev–Trinajstić information content (AvgIpc) is 2.59. The summed E-state index contributed by atoms with van der Waals surface area (Å²) in [5.74, 6) is -0.952. The Kier molecular flexibility index (Phi) is 4.57. The van der Waals surface area contributed by atoms with Crippen molar-refractivity contribution in [3.63, 3.8) is 0 Å². The van der Waals surface area contributed by atoms with Crippen LogP contribution in [0.1, 0.15) is 17.0 Å². The van der Waals surface area contributed by atoms with Crippen LogP contribution in [0.2, 0.25) is 0 Å². The third-order valence-electron chi connectivity index (χ3n) is 4.00. The molecular formula is C20H19N3O. The van der Waals surface area contributed by atoms with E-state index in [2.05, 4.69) is 4.99 Å². The molecule has 0 bridgehead atoms. The number of fused-ring (bicyclic) bond motifs is 1. The maximum absolute atomic E-state index is 12.5. The monoisotopic (exact) mass is 317 g/mol. The summed E-state index contributed by atoms with van der Waals surface area (Å²) in [5.41, 5.74) is 12.8. The summed E-state index contributed by atoms with van der Waals surface area (Å²) in [6, 6.07) is 23.9. The van der Waals surface area contributed by atoms with Crippen molar-refractivity contribution in [2.45, 2.75) is 12.3 Å². The second-order valence-corrected chi connectivity index (χ2v) is 5.72. The molecule has 0 unspecified atom stereocenters. The van der Waals surface area contributed by atoms with Crippen LogP contribution in [0.3, 0.4) is 0 Å². The summed E-state index contributed by atoms with van der Waals surface area (Å²) in [4.78, 5) is 16.3. The normalized spacial score (nSPS) is 11.8. The van der Waals surface area contributed by atoms with Crippen LogP contribution in [-0.4, -0.2) is 11.9 Å². The summed E-state index contributed by atoms with van der Waals surface area (Å²) >= 11 is 0. The van der Waals surface area contributed by atoms with Crippen LogP contribution in [0.15, 0.2) is 77.8 Å². The molecule has 0 aliphatic carbocycles. The number of amides is 1. The zero-order valence-electron chi connectivity index (χ0n) is 13.2. The number of benzene rings is 3. The zero-order chi connectivity index (χ0) is 16.9. The van der Waals surface area contributed by atoms with Gasteiger partial charge in [-0.1, -0.05) is 72.8 Å². The van der Waals surface area contributed by atoms with Gasteiger partial charge >= 0.3 is 0 Å². The van der Waals surface area contributed by atoms with Crippen LogP contribution in [0.25, 0.3) is 10.8 Å². The lowest BCUT2D eigenvalue weighted by Gasteiger charge is -2.15. The molecule has 4 heteroatoms. The lowest BCUT2D eigenvalue weighted by molar-refractivity contribution is -0.119. The van der Waals surface area contributed by atoms with Crippen molar-refractivity contribution in [3.8, 4) is 0 Å². The average molecular weight is 317 g/mol. The van der Waals surface area contributed by atoms with Gasteiger partial charge in [-0.2, -0.15) is 4.99 Å². The number of rotatable bonds is 4. The molecule has 1 amide bonds. The highest BCUT2D eigenvalue weighted by Crippen LogP contribution is 2.26. The highest BCUT2D eigenvalue weighted by Gasteiger charge is 2.21. The summed E-state index contributed by atoms with van der Waals surface area (Å²) in [6.07, 6.45) is 0.550. The van der Waals surface area contributed by atoms with Gasteiger partial charge in [-0.3, -0.25) is 4.79 Å². The van der Waals surface area contributed by atoms with Gasteiger partial charge in [-0.05, 0) is 28.3 Å². The molecule has 3 rings (SSSR count). The molecule has 0 spiro atoms. The van der Waals surface area contributed by atoms with Gasteiger partial charge in [0.25, 0.3) is 5.91 Å². The predicted octanol–water partition coefficient (Wildman–Crippen LogP) is 2.97. The van der Waals surface area contributed by atoms with E-state index in [1.807, 2.05) is 72.8 Å². The topological polar surface area (TPSA) is 81.5 Å². The molecule has 120 valence electrons. The number of carbonyl (C=O) groups excluding carboxylic acids is 1. The fraction of sp³-hybridized carbons (Fsp3) is 0.100. The van der Waals surface area contributed by atoms with E-state index in [4.69, 9.17) is 11.5 Å². The molecule has 3 aromatic rings. The van der Waals surface area contributed by atoms with Crippen molar-refractivity contribution in [1.29, 1.82) is 0 Å². The van der Waals surface area contributed by atoms with E-state index in [0.29, 0.717) is 6.42 Å². The minimum Gasteiger partial charge on any atom is -0.370 e. The van der Waals surface area contributed by atoms with Crippen molar-refractivity contribution >= 4 is 22.6 Å². The molecule has 4 N–H and O–H groups in total. The molecule has 24 heavy (non-hydrogen) atoms. The Labute approximate surface area is 140 Å². The largest absolute Gasteiger partial charge is 0.370 e. The van der Waals surface area contributed by atoms with Crippen LogP contribution in [0.4, 0.5) is 0 Å². The SMILES string of the molecule is NC(N)=NC(=O)[C@H](Cc1ccccc1)c1ccc2ccccc2c1. The number of guanidine groups is 1. The Morgan fingerprint density at radius 2 is 1.54 bits per heavy atom. The van der Waals surface area contributed by atoms with Crippen molar-refractivity contribution in [2.75, 3.05) is 0 Å². The molecule has 3 aromatic carbocycles. The first kappa shape index (κ1) is 15.7. The molecule has 0 aromatic heterocycles. The molecule has 0 aliphatic rings. The Hall–Kier alpha value is -3.14. The van der Waals surface area contributed by atoms with Gasteiger partial charge in [0.15, 0.2) is 5.96 Å². The van der Waals surface area contributed by atoms with Gasteiger partial charge in [0.1, 0.15) is 0 Å². The number of hydrogen-bond donors (Lipinski definition) is 2. The van der Waals surface area contributed by atoms with Crippen LogP contribution < -0.4 is 11.5 Å². The maximum Gasteiger partial charge on any atom is 0.256 e. The van der Waals surface area contributed by atoms with Crippen molar-refractivity contribution in [1.82, 2.24) is 0 Å². The number of nitrogens with zero attached hydrogens (tertiary/aromatic N) is 1. The highest BCUT2D eigenvalue weighted by molar-refractivity contribution is 5.96. The van der Waals surface area contributed by atoms with Gasteiger partial charge in [0.2, 0.25) is 0 Å². The molecule has 4 nitrogen and oxygen atoms in total. The molecule has 0 radical (unpaired) electrons. The number of aliphatic imine (C=N–C) groups is 1. The number of nitrogens with two attached hydrogens (primary N) is 2. The van der Waals surface area contributed by atoms with E-state index in [9.17, 15) is 4.79 Å². The highest BCUT2D eigenvalue weighted by atomic mass is 16.1. The van der Waals surface area contributed by atoms with Crippen LogP contribution in [0, 0.1) is 0 Å². The van der Waals surface area contributed by atoms with E-state index in [-0.39, 0.29) is 11.9 Å². The van der Waals surface area contributed by atoms with E-state index >= 15 is 0 Å². The fourth-order valence-corrected chi connectivity index (χ4v) is 2.83. The van der Waals surface area contributed by atoms with Gasteiger partial charge < -0.3 is 11.5 Å². The lowest BCUT2D eigenvalue weighted by Crippen LogP contribution is -2.26. The molecular weight excluding hydrogens is 298 g/mol. The minimum absolute atomic E-state index is 0.209. The second-order valence-electron chi connectivity index (χ2n) is 5.72. The van der Waals surface area contributed by atoms with E-state index in [1.54, 1.807) is 0 Å². The standard InChI is InChI=1S/C20H19N3O/c21-20(22)23-19(24)18(12-14-6-2-1-3-7-14)17-11-10-15-8-4-5-9-16(15)13-17/h1-11,13,18H,12H2,(H4,21,22,23,24)/t18-/m1/s1. The summed E-state index contributed by atoms with van der Waals surface area (Å²) < 4.78 is 0. The lowest BCUT2D eigenvalue weighted by atomic mass is 9.90. The summed E-state index contributed by atoms with van der Waals surface area (Å²) in [6.45, 7) is 0. The Bertz CT molecular complexity index is 884. The molecule has 0 aliphatic heterocycles. The first-order chi connectivity index (χ1) is 11.6. The van der Waals surface area contributed by atoms with Gasteiger partial charge in [0, 0.05) is 0 Å². The quantitative estimate of drug-likeness (QED) is 0.573. The van der Waals surface area contributed by atoms with Crippen molar-refractivity contribution in [2.24, 2.45) is 16.5 Å². The second kappa shape index (κ2) is 6.96.